The molecule has 3 aromatic rings. The van der Waals surface area contributed by atoms with E-state index in [1.807, 2.05) is 41.0 Å². The Bertz CT molecular complexity index is 1430. The number of rotatable bonds is 8. The van der Waals surface area contributed by atoms with Crippen molar-refractivity contribution in [3.8, 4) is 0 Å². The molecule has 0 spiro atoms. The number of hydrogen-bond donors (Lipinski definition) is 2. The summed E-state index contributed by atoms with van der Waals surface area (Å²) < 4.78 is 35.2. The zero-order valence-corrected chi connectivity index (χ0v) is 22.6. The summed E-state index contributed by atoms with van der Waals surface area (Å²) in [4.78, 5) is 13.0. The van der Waals surface area contributed by atoms with E-state index in [2.05, 4.69) is 42.5 Å². The van der Waals surface area contributed by atoms with Crippen LogP contribution in [0.2, 0.25) is 0 Å². The third kappa shape index (κ3) is 5.27. The minimum Gasteiger partial charge on any atom is -0.506 e. The number of aliphatic hydroxyl groups is 1. The van der Waals surface area contributed by atoms with Gasteiger partial charge in [0.1, 0.15) is 10.5 Å². The van der Waals surface area contributed by atoms with Crippen molar-refractivity contribution in [1.29, 1.82) is 0 Å². The Morgan fingerprint density at radius 3 is 2.44 bits per heavy atom. The van der Waals surface area contributed by atoms with Gasteiger partial charge < -0.3 is 5.11 Å². The van der Waals surface area contributed by atoms with Crippen LogP contribution in [0.5, 0.6) is 0 Å². The number of aliphatic hydroxyl groups excluding tert-OH is 1. The molecule has 1 aromatic heterocycles. The summed E-state index contributed by atoms with van der Waals surface area (Å²) in [6, 6.07) is 13.7. The van der Waals surface area contributed by atoms with Crippen molar-refractivity contribution in [2.75, 3.05) is 5.75 Å². The number of carbonyl (C=O) groups excluding carboxylic acids is 1. The molecular formula is C25H25INO5S2+. The highest BCUT2D eigenvalue weighted by Crippen LogP contribution is 2.38. The van der Waals surface area contributed by atoms with Crippen LogP contribution in [0.15, 0.2) is 53.8 Å². The van der Waals surface area contributed by atoms with Crippen molar-refractivity contribution in [3.63, 3.8) is 0 Å². The second-order valence-electron chi connectivity index (χ2n) is 8.58. The molecule has 0 radical (unpaired) electrons. The van der Waals surface area contributed by atoms with Gasteiger partial charge in [-0.25, -0.2) is 0 Å². The Hall–Kier alpha value is -2.08. The summed E-state index contributed by atoms with van der Waals surface area (Å²) in [7, 11) is -4.00. The molecule has 4 rings (SSSR count). The van der Waals surface area contributed by atoms with Gasteiger partial charge in [0.05, 0.1) is 16.9 Å². The van der Waals surface area contributed by atoms with E-state index >= 15 is 0 Å². The number of ketones is 1. The number of Topliss-reactive ketones (excluding diaryl/α,β-unsaturated/α-hetero) is 1. The van der Waals surface area contributed by atoms with Gasteiger partial charge in [-0.15, -0.1) is 0 Å². The second kappa shape index (κ2) is 9.88. The lowest BCUT2D eigenvalue weighted by Gasteiger charge is -2.21. The topological polar surface area (TPSA) is 95.6 Å². The van der Waals surface area contributed by atoms with Gasteiger partial charge in [0.2, 0.25) is 11.3 Å². The Kier molecular flexibility index (Phi) is 7.28. The molecule has 1 aliphatic carbocycles. The van der Waals surface area contributed by atoms with Gasteiger partial charge in [-0.2, -0.15) is 13.0 Å². The molecule has 1 heterocycles. The summed E-state index contributed by atoms with van der Waals surface area (Å²) in [5.74, 6) is -0.106. The Balaban J connectivity index is 1.66. The van der Waals surface area contributed by atoms with Crippen LogP contribution in [0.25, 0.3) is 21.9 Å². The minimum atomic E-state index is -4.00. The van der Waals surface area contributed by atoms with Gasteiger partial charge in [-0.05, 0) is 58.2 Å². The van der Waals surface area contributed by atoms with E-state index in [1.165, 1.54) is 16.9 Å². The van der Waals surface area contributed by atoms with Crippen molar-refractivity contribution < 1.29 is 27.4 Å². The molecule has 0 atom stereocenters. The van der Waals surface area contributed by atoms with Crippen molar-refractivity contribution in [2.45, 2.75) is 39.2 Å². The number of hydrogen-bond acceptors (Lipinski definition) is 5. The second-order valence-corrected chi connectivity index (χ2v) is 12.5. The lowest BCUT2D eigenvalue weighted by Crippen LogP contribution is -2.35. The number of aromatic nitrogens is 1. The van der Waals surface area contributed by atoms with E-state index in [9.17, 15) is 18.3 Å². The lowest BCUT2D eigenvalue weighted by atomic mass is 9.83. The quantitative estimate of drug-likeness (QED) is 0.115. The normalized spacial score (nSPS) is 15.6. The fourth-order valence-electron chi connectivity index (χ4n) is 3.95. The molecule has 1 aliphatic rings. The smallest absolute Gasteiger partial charge is 0.264 e. The average Bonchev–Trinajstić information content (AvgIpc) is 3.11. The zero-order valence-electron chi connectivity index (χ0n) is 18.8. The first kappa shape index (κ1) is 25.0. The average molecular weight is 611 g/mol. The molecule has 0 saturated heterocycles. The Morgan fingerprint density at radius 2 is 1.82 bits per heavy atom. The van der Waals surface area contributed by atoms with Crippen LogP contribution < -0.4 is 4.57 Å². The van der Waals surface area contributed by atoms with E-state index in [1.54, 1.807) is 6.08 Å². The Labute approximate surface area is 216 Å². The number of unbranched alkanes of at least 4 members (excludes halogenated alkanes) is 1. The van der Waals surface area contributed by atoms with Crippen LogP contribution in [0.4, 0.5) is 0 Å². The van der Waals surface area contributed by atoms with Crippen molar-refractivity contribution in [1.82, 2.24) is 0 Å². The van der Waals surface area contributed by atoms with Gasteiger partial charge in [0.15, 0.2) is 6.54 Å². The number of halogens is 1. The van der Waals surface area contributed by atoms with Crippen LogP contribution >= 0.6 is 33.9 Å². The minimum absolute atomic E-state index is 0.00717. The summed E-state index contributed by atoms with van der Waals surface area (Å²) in [6.07, 6.45) is 2.58. The Morgan fingerprint density at radius 1 is 1.12 bits per heavy atom. The lowest BCUT2D eigenvalue weighted by molar-refractivity contribution is -0.669. The van der Waals surface area contributed by atoms with Gasteiger partial charge in [0.25, 0.3) is 15.1 Å². The number of carbonyl (C=O) groups is 1. The number of thiazole rings is 1. The summed E-state index contributed by atoms with van der Waals surface area (Å²) in [6.45, 7) is 4.73. The van der Waals surface area contributed by atoms with E-state index in [-0.39, 0.29) is 22.9 Å². The predicted octanol–water partition coefficient (Wildman–Crippen LogP) is 5.52. The highest BCUT2D eigenvalue weighted by Gasteiger charge is 2.36. The molecule has 0 amide bonds. The van der Waals surface area contributed by atoms with Gasteiger partial charge in [-0.1, -0.05) is 49.4 Å². The molecule has 0 bridgehead atoms. The standard InChI is InChI=1S/C25H24INO5S2/c1-15(2)16-5-7-17(8-6-16)23-24(28)19(25(23)29)14-22-27(11-3-4-12-34(30,31)32)20-10-9-18(26)13-21(20)33-22/h5-10,13-15H,3-4,11-12H2,1-2H3,(H-,28,29,30,31,32)/p+1. The summed E-state index contributed by atoms with van der Waals surface area (Å²) >= 11 is 3.76. The molecule has 9 heteroatoms. The fraction of sp³-hybridized carbons (Fsp3) is 0.280. The van der Waals surface area contributed by atoms with E-state index in [0.29, 0.717) is 36.4 Å². The molecule has 0 aliphatic heterocycles. The van der Waals surface area contributed by atoms with Crippen LogP contribution in [0, 0.1) is 3.57 Å². The van der Waals surface area contributed by atoms with Gasteiger partial charge >= 0.3 is 0 Å². The molecule has 34 heavy (non-hydrogen) atoms. The van der Waals surface area contributed by atoms with Gasteiger partial charge in [-0.3, -0.25) is 9.35 Å². The van der Waals surface area contributed by atoms with Crippen LogP contribution in [-0.2, 0) is 21.5 Å². The van der Waals surface area contributed by atoms with Crippen molar-refractivity contribution in [3.05, 3.63) is 73.5 Å². The SMILES string of the molecule is CC(C)c1ccc(C2=C(O)C(=Cc3sc4cc(I)ccc4[n+]3CCCCS(=O)(=O)O)C2=O)cc1. The van der Waals surface area contributed by atoms with Gasteiger partial charge in [0, 0.05) is 22.1 Å². The molecule has 2 aromatic carbocycles. The third-order valence-corrected chi connectivity index (χ3v) is 8.39. The van der Waals surface area contributed by atoms with E-state index in [4.69, 9.17) is 4.55 Å². The molecular weight excluding hydrogens is 585 g/mol. The highest BCUT2D eigenvalue weighted by atomic mass is 127. The zero-order chi connectivity index (χ0) is 24.6. The molecule has 6 nitrogen and oxygen atoms in total. The maximum absolute atomic E-state index is 13.0. The largest absolute Gasteiger partial charge is 0.506 e. The predicted molar refractivity (Wildman–Crippen MR) is 143 cm³/mol. The molecule has 2 N–H and O–H groups in total. The summed E-state index contributed by atoms with van der Waals surface area (Å²) in [5, 5.41) is 11.5. The van der Waals surface area contributed by atoms with Crippen molar-refractivity contribution in [2.24, 2.45) is 0 Å². The number of allylic oxidation sites excluding steroid dienone is 2. The van der Waals surface area contributed by atoms with Crippen LogP contribution in [-0.4, -0.2) is 29.6 Å². The molecule has 0 unspecified atom stereocenters. The van der Waals surface area contributed by atoms with Crippen LogP contribution in [0.3, 0.4) is 0 Å². The van der Waals surface area contributed by atoms with Crippen LogP contribution in [0.1, 0.15) is 48.7 Å². The molecule has 178 valence electrons. The number of nitrogens with zero attached hydrogens (tertiary/aromatic N) is 1. The molecule has 0 fully saturated rings. The summed E-state index contributed by atoms with van der Waals surface area (Å²) in [5.41, 5.74) is 3.45. The molecule has 0 saturated carbocycles. The first-order chi connectivity index (χ1) is 16.0. The number of aryl methyl sites for hydroxylation is 1. The maximum atomic E-state index is 13.0. The first-order valence-electron chi connectivity index (χ1n) is 10.9. The maximum Gasteiger partial charge on any atom is 0.264 e. The number of benzene rings is 2. The number of fused-ring (bicyclic) bond motifs is 1. The monoisotopic (exact) mass is 610 g/mol. The first-order valence-corrected chi connectivity index (χ1v) is 14.4. The highest BCUT2D eigenvalue weighted by molar-refractivity contribution is 14.1. The third-order valence-electron chi connectivity index (χ3n) is 5.82. The van der Waals surface area contributed by atoms with E-state index in [0.717, 1.165) is 18.8 Å². The fourth-order valence-corrected chi connectivity index (χ4v) is 6.40. The van der Waals surface area contributed by atoms with E-state index < -0.39 is 10.1 Å². The van der Waals surface area contributed by atoms with Crippen molar-refractivity contribution >= 4 is 71.7 Å².